The summed E-state index contributed by atoms with van der Waals surface area (Å²) < 4.78 is 9.86. The number of carbonyl (C=O) groups excluding carboxylic acids is 3. The number of hydrogen-bond acceptors (Lipinski definition) is 6. The zero-order chi connectivity index (χ0) is 23.5. The lowest BCUT2D eigenvalue weighted by molar-refractivity contribution is -0.132. The number of alkyl carbamates (subject to hydrolysis) is 1. The van der Waals surface area contributed by atoms with Crippen molar-refractivity contribution in [2.45, 2.75) is 63.8 Å². The van der Waals surface area contributed by atoms with Crippen molar-refractivity contribution in [2.24, 2.45) is 5.92 Å². The van der Waals surface area contributed by atoms with Gasteiger partial charge in [-0.1, -0.05) is 44.2 Å². The Morgan fingerprint density at radius 3 is 2.34 bits per heavy atom. The second-order valence-corrected chi connectivity index (χ2v) is 8.49. The third-order valence-electron chi connectivity index (χ3n) is 5.04. The lowest BCUT2D eigenvalue weighted by atomic mass is 9.98. The first kappa shape index (κ1) is 25.6. The number of hydrogen-bond donors (Lipinski definition) is 4. The molecule has 1 aliphatic rings. The van der Waals surface area contributed by atoms with Gasteiger partial charge in [0.05, 0.1) is 12.6 Å². The Hall–Kier alpha value is -2.65. The van der Waals surface area contributed by atoms with E-state index in [0.29, 0.717) is 6.42 Å². The van der Waals surface area contributed by atoms with E-state index in [1.54, 1.807) is 0 Å². The van der Waals surface area contributed by atoms with Crippen molar-refractivity contribution < 1.29 is 29.0 Å². The largest absolute Gasteiger partial charge is 0.447 e. The highest BCUT2D eigenvalue weighted by atomic mass is 16.6. The molecule has 32 heavy (non-hydrogen) atoms. The Kier molecular flexibility index (Phi) is 10.4. The maximum Gasteiger partial charge on any atom is 0.407 e. The van der Waals surface area contributed by atoms with Crippen molar-refractivity contribution in [3.63, 3.8) is 0 Å². The van der Waals surface area contributed by atoms with Crippen LogP contribution in [0.25, 0.3) is 0 Å². The molecule has 1 fully saturated rings. The summed E-state index contributed by atoms with van der Waals surface area (Å²) >= 11 is 0. The van der Waals surface area contributed by atoms with Gasteiger partial charge in [-0.3, -0.25) is 9.59 Å². The van der Waals surface area contributed by atoms with Gasteiger partial charge in [-0.05, 0) is 37.2 Å². The van der Waals surface area contributed by atoms with E-state index in [-0.39, 0.29) is 31.6 Å². The molecule has 0 aromatic heterocycles. The van der Waals surface area contributed by atoms with Crippen LogP contribution >= 0.6 is 0 Å². The molecule has 0 spiro atoms. The molecule has 1 aromatic carbocycles. The molecule has 3 unspecified atom stereocenters. The maximum absolute atomic E-state index is 13.1. The van der Waals surface area contributed by atoms with E-state index in [1.807, 2.05) is 44.2 Å². The van der Waals surface area contributed by atoms with Crippen LogP contribution in [0.4, 0.5) is 4.79 Å². The quantitative estimate of drug-likeness (QED) is 0.335. The molecule has 0 radical (unpaired) electrons. The number of methoxy groups -OCH3 is 1. The van der Waals surface area contributed by atoms with Crippen molar-refractivity contribution in [1.82, 2.24) is 16.0 Å². The topological polar surface area (TPSA) is 126 Å². The van der Waals surface area contributed by atoms with Gasteiger partial charge in [-0.25, -0.2) is 4.79 Å². The maximum atomic E-state index is 13.1. The van der Waals surface area contributed by atoms with Crippen LogP contribution in [0.5, 0.6) is 0 Å². The second kappa shape index (κ2) is 13.0. The van der Waals surface area contributed by atoms with E-state index >= 15 is 0 Å². The van der Waals surface area contributed by atoms with Crippen LogP contribution in [0.3, 0.4) is 0 Å². The Labute approximate surface area is 189 Å². The van der Waals surface area contributed by atoms with Crippen LogP contribution in [0.2, 0.25) is 0 Å². The van der Waals surface area contributed by atoms with Crippen LogP contribution in [-0.2, 0) is 25.5 Å². The first-order valence-corrected chi connectivity index (χ1v) is 11.0. The lowest BCUT2D eigenvalue weighted by Crippen LogP contribution is -2.56. The predicted octanol–water partition coefficient (Wildman–Crippen LogP) is 1.14. The van der Waals surface area contributed by atoms with Gasteiger partial charge in [0.1, 0.15) is 12.6 Å². The van der Waals surface area contributed by atoms with Gasteiger partial charge >= 0.3 is 6.09 Å². The Morgan fingerprint density at radius 1 is 1.06 bits per heavy atom. The fourth-order valence-corrected chi connectivity index (χ4v) is 3.19. The highest BCUT2D eigenvalue weighted by Crippen LogP contribution is 2.19. The number of amides is 3. The van der Waals surface area contributed by atoms with Crippen molar-refractivity contribution in [3.05, 3.63) is 35.9 Å². The van der Waals surface area contributed by atoms with Gasteiger partial charge in [0.2, 0.25) is 5.91 Å². The monoisotopic (exact) mass is 449 g/mol. The molecule has 4 N–H and O–H groups in total. The van der Waals surface area contributed by atoms with Crippen molar-refractivity contribution in [3.8, 4) is 0 Å². The minimum Gasteiger partial charge on any atom is -0.447 e. The van der Waals surface area contributed by atoms with Gasteiger partial charge in [-0.15, -0.1) is 0 Å². The van der Waals surface area contributed by atoms with Crippen molar-refractivity contribution in [2.75, 3.05) is 20.3 Å². The number of carbonyl (C=O) groups is 3. The fraction of sp³-hybridized carbons (Fsp3) is 0.609. The van der Waals surface area contributed by atoms with Crippen LogP contribution in [-0.4, -0.2) is 67.6 Å². The van der Waals surface area contributed by atoms with Crippen LogP contribution < -0.4 is 16.0 Å². The molecule has 9 heteroatoms. The van der Waals surface area contributed by atoms with Crippen molar-refractivity contribution >= 4 is 17.9 Å². The first-order chi connectivity index (χ1) is 15.3. The van der Waals surface area contributed by atoms with Crippen LogP contribution in [0.15, 0.2) is 30.3 Å². The molecule has 3 amide bonds. The fourth-order valence-electron chi connectivity index (χ4n) is 3.19. The number of ether oxygens (including phenoxy) is 2. The number of rotatable bonds is 13. The molecule has 9 nitrogen and oxygen atoms in total. The third kappa shape index (κ3) is 9.23. The van der Waals surface area contributed by atoms with E-state index in [1.165, 1.54) is 7.11 Å². The van der Waals surface area contributed by atoms with Crippen molar-refractivity contribution in [1.29, 1.82) is 0 Å². The molecule has 0 heterocycles. The number of benzene rings is 1. The van der Waals surface area contributed by atoms with Gasteiger partial charge in [0.25, 0.3) is 5.91 Å². The summed E-state index contributed by atoms with van der Waals surface area (Å²) in [6.07, 6.45) is 0.258. The van der Waals surface area contributed by atoms with Gasteiger partial charge < -0.3 is 30.5 Å². The average Bonchev–Trinajstić information content (AvgIpc) is 3.56. The zero-order valence-electron chi connectivity index (χ0n) is 19.0. The number of aliphatic hydroxyl groups excluding tert-OH is 1. The smallest absolute Gasteiger partial charge is 0.407 e. The molecule has 2 rings (SSSR count). The highest BCUT2D eigenvalue weighted by Gasteiger charge is 2.33. The van der Waals surface area contributed by atoms with E-state index in [4.69, 9.17) is 9.47 Å². The van der Waals surface area contributed by atoms with E-state index < -0.39 is 36.1 Å². The Morgan fingerprint density at radius 2 is 1.75 bits per heavy atom. The third-order valence-corrected chi connectivity index (χ3v) is 5.04. The number of nitrogens with one attached hydrogen (secondary N) is 3. The average molecular weight is 450 g/mol. The molecule has 0 bridgehead atoms. The second-order valence-electron chi connectivity index (χ2n) is 8.49. The molecule has 3 atom stereocenters. The Bertz CT molecular complexity index is 739. The summed E-state index contributed by atoms with van der Waals surface area (Å²) in [5.74, 6) is -0.886. The van der Waals surface area contributed by atoms with E-state index in [0.717, 1.165) is 18.4 Å². The molecule has 1 aromatic rings. The normalized spacial score (nSPS) is 16.0. The first-order valence-electron chi connectivity index (χ1n) is 11.0. The van der Waals surface area contributed by atoms with E-state index in [2.05, 4.69) is 16.0 Å². The minimum absolute atomic E-state index is 0.0645. The Balaban J connectivity index is 2.08. The van der Waals surface area contributed by atoms with Crippen LogP contribution in [0, 0.1) is 5.92 Å². The summed E-state index contributed by atoms with van der Waals surface area (Å²) in [5, 5.41) is 18.8. The minimum atomic E-state index is -1.42. The standard InChI is InChI=1S/C23H35N3O6/c1-15(2)13-19(26-23(30)32-12-11-31-3)21(28)25-18(14-16-7-5-4-6-8-16)20(27)22(29)24-17-9-10-17/h4-8,15,17-20,27H,9-14H2,1-3H3,(H,24,29)(H,25,28)(H,26,30). The molecular formula is C23H35N3O6. The summed E-state index contributed by atoms with van der Waals surface area (Å²) in [4.78, 5) is 37.6. The SMILES string of the molecule is COCCOC(=O)NC(CC(C)C)C(=O)NC(Cc1ccccc1)C(O)C(=O)NC1CC1. The summed E-state index contributed by atoms with van der Waals surface area (Å²) in [5.41, 5.74) is 0.864. The molecule has 0 aliphatic heterocycles. The van der Waals surface area contributed by atoms with Gasteiger partial charge in [0.15, 0.2) is 6.10 Å². The van der Waals surface area contributed by atoms with E-state index in [9.17, 15) is 19.5 Å². The van der Waals surface area contributed by atoms with Crippen LogP contribution in [0.1, 0.15) is 38.7 Å². The van der Waals surface area contributed by atoms with Gasteiger partial charge in [-0.2, -0.15) is 0 Å². The molecule has 1 saturated carbocycles. The summed E-state index contributed by atoms with van der Waals surface area (Å²) in [6.45, 7) is 4.17. The lowest BCUT2D eigenvalue weighted by Gasteiger charge is -2.27. The van der Waals surface area contributed by atoms with Gasteiger partial charge in [0, 0.05) is 13.2 Å². The zero-order valence-corrected chi connectivity index (χ0v) is 19.0. The summed E-state index contributed by atoms with van der Waals surface area (Å²) in [6, 6.07) is 7.65. The highest BCUT2D eigenvalue weighted by molar-refractivity contribution is 5.87. The molecule has 0 saturated heterocycles. The molecule has 178 valence electrons. The molecular weight excluding hydrogens is 414 g/mol. The predicted molar refractivity (Wildman–Crippen MR) is 119 cm³/mol. The molecule has 1 aliphatic carbocycles. The number of aliphatic hydroxyl groups is 1. The summed E-state index contributed by atoms with van der Waals surface area (Å²) in [7, 11) is 1.49.